The van der Waals surface area contributed by atoms with Gasteiger partial charge in [-0.1, -0.05) is 36.4 Å². The lowest BCUT2D eigenvalue weighted by Gasteiger charge is -2.19. The van der Waals surface area contributed by atoms with Gasteiger partial charge in [-0.05, 0) is 24.3 Å². The molecule has 0 radical (unpaired) electrons. The van der Waals surface area contributed by atoms with E-state index in [1.165, 1.54) is 12.1 Å². The van der Waals surface area contributed by atoms with Crippen molar-refractivity contribution in [1.82, 2.24) is 0 Å². The van der Waals surface area contributed by atoms with Crippen LogP contribution in [0.4, 0.5) is 10.5 Å². The highest BCUT2D eigenvalue weighted by molar-refractivity contribution is 7.92. The molecule has 0 aliphatic heterocycles. The van der Waals surface area contributed by atoms with Gasteiger partial charge in [0.25, 0.3) is 0 Å². The summed E-state index contributed by atoms with van der Waals surface area (Å²) in [6.45, 7) is 0. The minimum Gasteiger partial charge on any atom is -0.409 e. The number of sulfonamides is 1. The molecule has 1 amide bonds. The lowest BCUT2D eigenvalue weighted by molar-refractivity contribution is 0.211. The minimum atomic E-state index is -3.78. The van der Waals surface area contributed by atoms with Crippen molar-refractivity contribution < 1.29 is 17.9 Å². The summed E-state index contributed by atoms with van der Waals surface area (Å²) < 4.78 is 29.3. The van der Waals surface area contributed by atoms with E-state index in [-0.39, 0.29) is 11.4 Å². The van der Waals surface area contributed by atoms with Crippen molar-refractivity contribution in [3.05, 3.63) is 60.7 Å². The van der Waals surface area contributed by atoms with Gasteiger partial charge in [-0.2, -0.15) is 4.31 Å². The molecule has 6 heteroatoms. The molecule has 0 fully saturated rings. The van der Waals surface area contributed by atoms with Gasteiger partial charge in [0.15, 0.2) is 0 Å². The standard InChI is InChI=1S/C14H13NO4S/c1-20(17,18)15(12-8-4-2-5-9-12)14(16)19-13-10-6-3-7-11-13/h2-11H,1H3. The number of anilines is 1. The summed E-state index contributed by atoms with van der Waals surface area (Å²) in [5, 5.41) is 0. The molecule has 104 valence electrons. The van der Waals surface area contributed by atoms with Crippen LogP contribution in [0.1, 0.15) is 0 Å². The quantitative estimate of drug-likeness (QED) is 0.872. The van der Waals surface area contributed by atoms with Crippen LogP contribution in [0.5, 0.6) is 5.75 Å². The molecule has 2 aromatic carbocycles. The maximum Gasteiger partial charge on any atom is 0.433 e. The highest BCUT2D eigenvalue weighted by Crippen LogP contribution is 2.19. The SMILES string of the molecule is CS(=O)(=O)N(C(=O)Oc1ccccc1)c1ccccc1. The molecule has 0 unspecified atom stereocenters. The fourth-order valence-electron chi connectivity index (χ4n) is 1.63. The fourth-order valence-corrected chi connectivity index (χ4v) is 2.44. The molecule has 0 atom stereocenters. The van der Waals surface area contributed by atoms with Crippen LogP contribution in [0, 0.1) is 0 Å². The number of amides is 1. The molecule has 2 rings (SSSR count). The Morgan fingerprint density at radius 3 is 1.95 bits per heavy atom. The van der Waals surface area contributed by atoms with Crippen molar-refractivity contribution in [2.24, 2.45) is 0 Å². The third-order valence-corrected chi connectivity index (χ3v) is 3.46. The number of carbonyl (C=O) groups excluding carboxylic acids is 1. The second kappa shape index (κ2) is 5.75. The highest BCUT2D eigenvalue weighted by Gasteiger charge is 2.27. The Morgan fingerprint density at radius 2 is 1.45 bits per heavy atom. The molecule has 0 saturated carbocycles. The maximum absolute atomic E-state index is 12.1. The van der Waals surface area contributed by atoms with E-state index in [2.05, 4.69) is 0 Å². The van der Waals surface area contributed by atoms with Gasteiger partial charge >= 0.3 is 6.09 Å². The summed E-state index contributed by atoms with van der Waals surface area (Å²) in [5.41, 5.74) is 0.232. The topological polar surface area (TPSA) is 63.7 Å². The van der Waals surface area contributed by atoms with E-state index in [0.717, 1.165) is 6.26 Å². The Morgan fingerprint density at radius 1 is 0.950 bits per heavy atom. The summed E-state index contributed by atoms with van der Waals surface area (Å²) in [6, 6.07) is 16.3. The molecule has 20 heavy (non-hydrogen) atoms. The first kappa shape index (κ1) is 14.1. The van der Waals surface area contributed by atoms with Crippen LogP contribution in [-0.4, -0.2) is 20.8 Å². The molecule has 0 spiro atoms. The van der Waals surface area contributed by atoms with Crippen molar-refractivity contribution in [3.63, 3.8) is 0 Å². The van der Waals surface area contributed by atoms with Crippen LogP contribution < -0.4 is 9.04 Å². The number of hydrogen-bond donors (Lipinski definition) is 0. The van der Waals surface area contributed by atoms with E-state index in [1.54, 1.807) is 48.5 Å². The van der Waals surface area contributed by atoms with E-state index in [9.17, 15) is 13.2 Å². The summed E-state index contributed by atoms with van der Waals surface area (Å²) in [4.78, 5) is 12.1. The van der Waals surface area contributed by atoms with E-state index < -0.39 is 16.1 Å². The van der Waals surface area contributed by atoms with Crippen LogP contribution in [-0.2, 0) is 10.0 Å². The lowest BCUT2D eigenvalue weighted by Crippen LogP contribution is -2.38. The van der Waals surface area contributed by atoms with Crippen molar-refractivity contribution in [1.29, 1.82) is 0 Å². The van der Waals surface area contributed by atoms with Gasteiger partial charge < -0.3 is 4.74 Å². The Balaban J connectivity index is 2.31. The van der Waals surface area contributed by atoms with Gasteiger partial charge in [0.1, 0.15) is 5.75 Å². The largest absolute Gasteiger partial charge is 0.433 e. The van der Waals surface area contributed by atoms with Crippen molar-refractivity contribution >= 4 is 21.8 Å². The van der Waals surface area contributed by atoms with Gasteiger partial charge in [-0.3, -0.25) is 0 Å². The monoisotopic (exact) mass is 291 g/mol. The van der Waals surface area contributed by atoms with Crippen LogP contribution in [0.25, 0.3) is 0 Å². The number of nitrogens with zero attached hydrogens (tertiary/aromatic N) is 1. The maximum atomic E-state index is 12.1. The second-order valence-electron chi connectivity index (χ2n) is 4.04. The van der Waals surface area contributed by atoms with Gasteiger partial charge in [-0.25, -0.2) is 13.2 Å². The van der Waals surface area contributed by atoms with Gasteiger partial charge in [0.05, 0.1) is 11.9 Å². The molecule has 2 aromatic rings. The van der Waals surface area contributed by atoms with Crippen LogP contribution in [0.2, 0.25) is 0 Å². The average molecular weight is 291 g/mol. The smallest absolute Gasteiger partial charge is 0.409 e. The van der Waals surface area contributed by atoms with E-state index in [0.29, 0.717) is 4.31 Å². The van der Waals surface area contributed by atoms with E-state index >= 15 is 0 Å². The number of rotatable bonds is 3. The fraction of sp³-hybridized carbons (Fsp3) is 0.0714. The van der Waals surface area contributed by atoms with Gasteiger partial charge in [0, 0.05) is 0 Å². The molecular weight excluding hydrogens is 278 g/mol. The molecule has 5 nitrogen and oxygen atoms in total. The number of benzene rings is 2. The minimum absolute atomic E-state index is 0.232. The van der Waals surface area contributed by atoms with Crippen molar-refractivity contribution in [2.45, 2.75) is 0 Å². The van der Waals surface area contributed by atoms with Crippen LogP contribution in [0.15, 0.2) is 60.7 Å². The average Bonchev–Trinajstić information content (AvgIpc) is 2.39. The highest BCUT2D eigenvalue weighted by atomic mass is 32.2. The van der Waals surface area contributed by atoms with Crippen molar-refractivity contribution in [2.75, 3.05) is 10.6 Å². The number of hydrogen-bond acceptors (Lipinski definition) is 4. The first-order valence-corrected chi connectivity index (χ1v) is 7.65. The van der Waals surface area contributed by atoms with Gasteiger partial charge in [0.2, 0.25) is 10.0 Å². The molecule has 0 bridgehead atoms. The Bertz CT molecular complexity index is 684. The normalized spacial score (nSPS) is 10.8. The first-order valence-electron chi connectivity index (χ1n) is 5.81. The lowest BCUT2D eigenvalue weighted by atomic mass is 10.3. The van der Waals surface area contributed by atoms with Gasteiger partial charge in [-0.15, -0.1) is 0 Å². The molecule has 0 aromatic heterocycles. The molecule has 0 N–H and O–H groups in total. The molecular formula is C14H13NO4S. The third-order valence-electron chi connectivity index (χ3n) is 2.44. The summed E-state index contributed by atoms with van der Waals surface area (Å²) in [5.74, 6) is 0.280. The summed E-state index contributed by atoms with van der Waals surface area (Å²) in [6.07, 6.45) is -0.0170. The predicted molar refractivity (Wildman–Crippen MR) is 76.2 cm³/mol. The zero-order valence-corrected chi connectivity index (χ0v) is 11.6. The third kappa shape index (κ3) is 3.36. The zero-order chi connectivity index (χ0) is 14.6. The number of para-hydroxylation sites is 2. The molecule has 0 aliphatic carbocycles. The predicted octanol–water partition coefficient (Wildman–Crippen LogP) is 2.65. The van der Waals surface area contributed by atoms with E-state index in [4.69, 9.17) is 4.74 Å². The van der Waals surface area contributed by atoms with Crippen LogP contribution in [0.3, 0.4) is 0 Å². The van der Waals surface area contributed by atoms with E-state index in [1.807, 2.05) is 0 Å². The Hall–Kier alpha value is -2.34. The van der Waals surface area contributed by atoms with Crippen molar-refractivity contribution in [3.8, 4) is 5.75 Å². The first-order chi connectivity index (χ1) is 9.48. The summed E-state index contributed by atoms with van der Waals surface area (Å²) >= 11 is 0. The molecule has 0 heterocycles. The molecule has 0 saturated heterocycles. The number of carbonyl (C=O) groups is 1. The number of ether oxygens (including phenoxy) is 1. The Kier molecular flexibility index (Phi) is 4.05. The summed E-state index contributed by atoms with van der Waals surface area (Å²) in [7, 11) is -3.78. The van der Waals surface area contributed by atoms with Crippen LogP contribution >= 0.6 is 0 Å². The Labute approximate surface area is 117 Å². The zero-order valence-electron chi connectivity index (χ0n) is 10.8. The second-order valence-corrected chi connectivity index (χ2v) is 5.88. The molecule has 0 aliphatic rings.